The van der Waals surface area contributed by atoms with Gasteiger partial charge in [-0.25, -0.2) is 0 Å². The normalized spacial score (nSPS) is 12.7. The van der Waals surface area contributed by atoms with Crippen LogP contribution in [0.5, 0.6) is 0 Å². The number of nitrogens with one attached hydrogen (secondary N) is 2. The zero-order valence-corrected chi connectivity index (χ0v) is 18.4. The van der Waals surface area contributed by atoms with Crippen molar-refractivity contribution in [3.63, 3.8) is 0 Å². The first-order valence-electron chi connectivity index (χ1n) is 11.2. The summed E-state index contributed by atoms with van der Waals surface area (Å²) < 4.78 is 0. The zero-order chi connectivity index (χ0) is 21.6. The minimum absolute atomic E-state index is 0.0761. The second-order valence-corrected chi connectivity index (χ2v) is 8.19. The summed E-state index contributed by atoms with van der Waals surface area (Å²) in [6, 6.07) is 21.0. The van der Waals surface area contributed by atoms with Crippen LogP contribution >= 0.6 is 0 Å². The molecule has 2 atom stereocenters. The largest absolute Gasteiger partial charge is 0.354 e. The summed E-state index contributed by atoms with van der Waals surface area (Å²) in [6.07, 6.45) is 6.22. The van der Waals surface area contributed by atoms with Gasteiger partial charge >= 0.3 is 0 Å². The molecular formula is C26H36N2O2. The van der Waals surface area contributed by atoms with Gasteiger partial charge in [0.2, 0.25) is 11.8 Å². The minimum Gasteiger partial charge on any atom is -0.354 e. The summed E-state index contributed by atoms with van der Waals surface area (Å²) in [5.74, 6) is 0.152. The highest BCUT2D eigenvalue weighted by Gasteiger charge is 2.10. The molecule has 0 heterocycles. The molecule has 2 rings (SSSR count). The molecule has 0 spiro atoms. The van der Waals surface area contributed by atoms with Crippen molar-refractivity contribution in [3.8, 4) is 0 Å². The van der Waals surface area contributed by atoms with Crippen LogP contribution in [0.25, 0.3) is 0 Å². The zero-order valence-electron chi connectivity index (χ0n) is 18.4. The second kappa shape index (κ2) is 13.6. The van der Waals surface area contributed by atoms with Gasteiger partial charge in [-0.2, -0.15) is 0 Å². The number of amides is 2. The maximum Gasteiger partial charge on any atom is 0.220 e. The fourth-order valence-corrected chi connectivity index (χ4v) is 3.47. The molecule has 0 bridgehead atoms. The standard InChI is InChI=1S/C26H36N2O2/c1-21(17-19-23-11-5-3-6-12-23)27-25(29)15-9-10-16-26(30)28-22(2)18-20-24-13-7-4-8-14-24/h3-8,11-14,21-22H,9-10,15-20H2,1-2H3,(H,27,29)(H,28,30)/t21-,22+. The Balaban J connectivity index is 1.51. The molecule has 0 saturated heterocycles. The average Bonchev–Trinajstić information content (AvgIpc) is 2.75. The number of benzene rings is 2. The molecule has 2 N–H and O–H groups in total. The quantitative estimate of drug-likeness (QED) is 0.467. The van der Waals surface area contributed by atoms with Gasteiger partial charge in [0.05, 0.1) is 0 Å². The molecule has 0 radical (unpaired) electrons. The van der Waals surface area contributed by atoms with Gasteiger partial charge in [0.1, 0.15) is 0 Å². The predicted octanol–water partition coefficient (Wildman–Crippen LogP) is 4.82. The van der Waals surface area contributed by atoms with Crippen molar-refractivity contribution >= 4 is 11.8 Å². The lowest BCUT2D eigenvalue weighted by molar-refractivity contribution is -0.123. The molecule has 0 saturated carbocycles. The van der Waals surface area contributed by atoms with Crippen LogP contribution in [0, 0.1) is 0 Å². The number of unbranched alkanes of at least 4 members (excludes halogenated alkanes) is 1. The molecule has 2 amide bonds. The molecule has 0 aliphatic rings. The molecule has 30 heavy (non-hydrogen) atoms. The van der Waals surface area contributed by atoms with Crippen LogP contribution in [-0.4, -0.2) is 23.9 Å². The summed E-state index contributed by atoms with van der Waals surface area (Å²) in [6.45, 7) is 4.09. The monoisotopic (exact) mass is 408 g/mol. The van der Waals surface area contributed by atoms with Crippen molar-refractivity contribution in [2.45, 2.75) is 77.3 Å². The Hall–Kier alpha value is -2.62. The van der Waals surface area contributed by atoms with Gasteiger partial charge in [-0.1, -0.05) is 60.7 Å². The fraction of sp³-hybridized carbons (Fsp3) is 0.462. The number of rotatable bonds is 13. The van der Waals surface area contributed by atoms with Crippen LogP contribution in [0.15, 0.2) is 60.7 Å². The summed E-state index contributed by atoms with van der Waals surface area (Å²) in [5.41, 5.74) is 2.59. The number of carbonyl (C=O) groups is 2. The Labute approximate surface area is 181 Å². The molecule has 2 aromatic rings. The topological polar surface area (TPSA) is 58.2 Å². The van der Waals surface area contributed by atoms with Crippen molar-refractivity contribution in [3.05, 3.63) is 71.8 Å². The van der Waals surface area contributed by atoms with Crippen LogP contribution in [0.1, 0.15) is 63.5 Å². The highest BCUT2D eigenvalue weighted by atomic mass is 16.2. The Morgan fingerprint density at radius 3 is 1.40 bits per heavy atom. The van der Waals surface area contributed by atoms with Crippen molar-refractivity contribution in [2.75, 3.05) is 0 Å². The van der Waals surface area contributed by atoms with Crippen LogP contribution in [0.3, 0.4) is 0 Å². The predicted molar refractivity (Wildman–Crippen MR) is 123 cm³/mol. The third kappa shape index (κ3) is 10.2. The van der Waals surface area contributed by atoms with Gasteiger partial charge in [-0.05, 0) is 63.5 Å². The summed E-state index contributed by atoms with van der Waals surface area (Å²) in [5, 5.41) is 6.13. The van der Waals surface area contributed by atoms with Crippen molar-refractivity contribution in [1.29, 1.82) is 0 Å². The van der Waals surface area contributed by atoms with Crippen molar-refractivity contribution < 1.29 is 9.59 Å². The van der Waals surface area contributed by atoms with Gasteiger partial charge in [0.25, 0.3) is 0 Å². The lowest BCUT2D eigenvalue weighted by Crippen LogP contribution is -2.33. The molecule has 4 nitrogen and oxygen atoms in total. The molecule has 162 valence electrons. The van der Waals surface area contributed by atoms with E-state index in [0.29, 0.717) is 12.8 Å². The third-order valence-electron chi connectivity index (χ3n) is 5.29. The molecule has 0 aliphatic heterocycles. The minimum atomic E-state index is 0.0761. The molecule has 4 heteroatoms. The second-order valence-electron chi connectivity index (χ2n) is 8.19. The van der Waals surface area contributed by atoms with Crippen LogP contribution < -0.4 is 10.6 Å². The number of hydrogen-bond acceptors (Lipinski definition) is 2. The first-order chi connectivity index (χ1) is 14.5. The fourth-order valence-electron chi connectivity index (χ4n) is 3.47. The van der Waals surface area contributed by atoms with E-state index in [1.165, 1.54) is 11.1 Å². The van der Waals surface area contributed by atoms with E-state index < -0.39 is 0 Å². The Bertz CT molecular complexity index is 681. The maximum atomic E-state index is 12.1. The van der Waals surface area contributed by atoms with E-state index in [2.05, 4.69) is 34.9 Å². The molecule has 0 unspecified atom stereocenters. The van der Waals surface area contributed by atoms with E-state index in [1.807, 2.05) is 50.2 Å². The van der Waals surface area contributed by atoms with Crippen molar-refractivity contribution in [2.24, 2.45) is 0 Å². The van der Waals surface area contributed by atoms with Gasteiger partial charge in [-0.3, -0.25) is 9.59 Å². The van der Waals surface area contributed by atoms with Gasteiger partial charge in [0.15, 0.2) is 0 Å². The van der Waals surface area contributed by atoms with Gasteiger partial charge < -0.3 is 10.6 Å². The number of aryl methyl sites for hydroxylation is 2. The van der Waals surface area contributed by atoms with E-state index in [0.717, 1.165) is 38.5 Å². The highest BCUT2D eigenvalue weighted by Crippen LogP contribution is 2.07. The Morgan fingerprint density at radius 2 is 1.03 bits per heavy atom. The SMILES string of the molecule is C[C@H](CCc1ccccc1)NC(=O)CCCCC(=O)N[C@@H](C)CCc1ccccc1. The number of carbonyl (C=O) groups excluding carboxylic acids is 2. The third-order valence-corrected chi connectivity index (χ3v) is 5.29. The molecule has 0 aliphatic carbocycles. The smallest absolute Gasteiger partial charge is 0.220 e. The van der Waals surface area contributed by atoms with E-state index in [-0.39, 0.29) is 23.9 Å². The van der Waals surface area contributed by atoms with Crippen molar-refractivity contribution in [1.82, 2.24) is 10.6 Å². The highest BCUT2D eigenvalue weighted by molar-refractivity contribution is 5.77. The Morgan fingerprint density at radius 1 is 0.667 bits per heavy atom. The van der Waals surface area contributed by atoms with Gasteiger partial charge in [0, 0.05) is 24.9 Å². The molecule has 0 fully saturated rings. The Kier molecular flexibility index (Phi) is 10.7. The molecule has 0 aromatic heterocycles. The van der Waals surface area contributed by atoms with E-state index in [9.17, 15) is 9.59 Å². The number of hydrogen-bond donors (Lipinski definition) is 2. The van der Waals surface area contributed by atoms with E-state index in [1.54, 1.807) is 0 Å². The molecule has 2 aromatic carbocycles. The summed E-state index contributed by atoms with van der Waals surface area (Å²) in [4.78, 5) is 24.2. The first-order valence-corrected chi connectivity index (χ1v) is 11.2. The molecular weight excluding hydrogens is 372 g/mol. The maximum absolute atomic E-state index is 12.1. The van der Waals surface area contributed by atoms with Gasteiger partial charge in [-0.15, -0.1) is 0 Å². The van der Waals surface area contributed by atoms with Crippen LogP contribution in [0.4, 0.5) is 0 Å². The average molecular weight is 409 g/mol. The lowest BCUT2D eigenvalue weighted by atomic mass is 10.1. The lowest BCUT2D eigenvalue weighted by Gasteiger charge is -2.15. The van der Waals surface area contributed by atoms with Crippen LogP contribution in [0.2, 0.25) is 0 Å². The van der Waals surface area contributed by atoms with E-state index in [4.69, 9.17) is 0 Å². The summed E-state index contributed by atoms with van der Waals surface area (Å²) in [7, 11) is 0. The summed E-state index contributed by atoms with van der Waals surface area (Å²) >= 11 is 0. The van der Waals surface area contributed by atoms with E-state index >= 15 is 0 Å². The first kappa shape index (κ1) is 23.7. The van der Waals surface area contributed by atoms with Crippen LogP contribution in [-0.2, 0) is 22.4 Å².